The first kappa shape index (κ1) is 18.0. The van der Waals surface area contributed by atoms with Crippen molar-refractivity contribution in [1.29, 1.82) is 0 Å². The fourth-order valence-electron chi connectivity index (χ4n) is 5.06. The number of hydrogen-bond acceptors (Lipinski definition) is 5. The minimum absolute atomic E-state index is 0.0637. The van der Waals surface area contributed by atoms with Gasteiger partial charge >= 0.3 is 5.97 Å². The molecule has 0 amide bonds. The van der Waals surface area contributed by atoms with Crippen LogP contribution in [0.4, 0.5) is 10.2 Å². The van der Waals surface area contributed by atoms with Crippen LogP contribution in [-0.2, 0) is 4.79 Å². The number of rotatable bonds is 4. The van der Waals surface area contributed by atoms with Gasteiger partial charge in [-0.1, -0.05) is 0 Å². The number of aromatic nitrogens is 4. The largest absolute Gasteiger partial charge is 0.481 e. The zero-order valence-corrected chi connectivity index (χ0v) is 16.0. The molecule has 150 valence electrons. The van der Waals surface area contributed by atoms with E-state index in [1.165, 1.54) is 0 Å². The van der Waals surface area contributed by atoms with E-state index in [-0.39, 0.29) is 23.7 Å². The molecule has 2 bridgehead atoms. The third-order valence-electron chi connectivity index (χ3n) is 6.46. The van der Waals surface area contributed by atoms with Gasteiger partial charge in [0.15, 0.2) is 17.5 Å². The van der Waals surface area contributed by atoms with E-state index in [0.717, 1.165) is 48.4 Å². The molecule has 8 heteroatoms. The van der Waals surface area contributed by atoms with Crippen LogP contribution in [0.5, 0.6) is 0 Å². The normalized spacial score (nSPS) is 26.0. The molecule has 6 rings (SSSR count). The van der Waals surface area contributed by atoms with Gasteiger partial charge in [0.25, 0.3) is 0 Å². The van der Waals surface area contributed by atoms with E-state index in [0.29, 0.717) is 11.5 Å². The predicted octanol–water partition coefficient (Wildman–Crippen LogP) is 3.77. The SMILES string of the molecule is Cc1cnc2[nH]cc(-c3ncc(F)c(N[C@H]4[C@H]5CC[C@H](CC5)[C@@H]4C(=O)O)n3)c2c1. The Balaban J connectivity index is 1.51. The number of anilines is 1. The first-order valence-corrected chi connectivity index (χ1v) is 9.97. The molecule has 29 heavy (non-hydrogen) atoms. The minimum Gasteiger partial charge on any atom is -0.481 e. The number of carboxylic acids is 1. The zero-order valence-electron chi connectivity index (χ0n) is 16.0. The molecule has 3 aliphatic carbocycles. The number of pyridine rings is 1. The highest BCUT2D eigenvalue weighted by atomic mass is 19.1. The summed E-state index contributed by atoms with van der Waals surface area (Å²) in [5.41, 5.74) is 2.45. The lowest BCUT2D eigenvalue weighted by Crippen LogP contribution is -2.51. The quantitative estimate of drug-likeness (QED) is 0.621. The molecule has 3 saturated carbocycles. The Morgan fingerprint density at radius 3 is 2.72 bits per heavy atom. The molecule has 2 atom stereocenters. The Morgan fingerprint density at radius 1 is 1.21 bits per heavy atom. The van der Waals surface area contributed by atoms with Gasteiger partial charge in [0, 0.05) is 29.4 Å². The minimum atomic E-state index is -0.815. The highest BCUT2D eigenvalue weighted by Crippen LogP contribution is 2.46. The van der Waals surface area contributed by atoms with Crippen LogP contribution in [0.1, 0.15) is 31.2 Å². The van der Waals surface area contributed by atoms with E-state index in [2.05, 4.69) is 25.3 Å². The van der Waals surface area contributed by atoms with Gasteiger partial charge in [-0.2, -0.15) is 0 Å². The number of fused-ring (bicyclic) bond motifs is 4. The molecule has 3 aromatic rings. The van der Waals surface area contributed by atoms with Gasteiger partial charge in [0.05, 0.1) is 12.1 Å². The van der Waals surface area contributed by atoms with Gasteiger partial charge in [0.2, 0.25) is 0 Å². The van der Waals surface area contributed by atoms with Gasteiger partial charge in [-0.15, -0.1) is 0 Å². The lowest BCUT2D eigenvalue weighted by molar-refractivity contribution is -0.148. The number of nitrogens with zero attached hydrogens (tertiary/aromatic N) is 3. The van der Waals surface area contributed by atoms with Crippen molar-refractivity contribution >= 4 is 22.8 Å². The third kappa shape index (κ3) is 3.03. The van der Waals surface area contributed by atoms with Gasteiger partial charge < -0.3 is 15.4 Å². The van der Waals surface area contributed by atoms with E-state index < -0.39 is 17.7 Å². The monoisotopic (exact) mass is 395 g/mol. The molecule has 7 nitrogen and oxygen atoms in total. The van der Waals surface area contributed by atoms with E-state index in [4.69, 9.17) is 0 Å². The fraction of sp³-hybridized carbons (Fsp3) is 0.429. The molecule has 0 spiro atoms. The van der Waals surface area contributed by atoms with Crippen molar-refractivity contribution in [2.45, 2.75) is 38.6 Å². The molecular formula is C21H22FN5O2. The number of halogens is 1. The molecule has 3 N–H and O–H groups in total. The number of aromatic amines is 1. The van der Waals surface area contributed by atoms with Crippen molar-refractivity contribution in [3.63, 3.8) is 0 Å². The summed E-state index contributed by atoms with van der Waals surface area (Å²) in [6, 6.07) is 1.67. The lowest BCUT2D eigenvalue weighted by atomic mass is 9.61. The van der Waals surface area contributed by atoms with Crippen molar-refractivity contribution in [1.82, 2.24) is 19.9 Å². The molecule has 0 aliphatic heterocycles. The van der Waals surface area contributed by atoms with Gasteiger partial charge in [-0.05, 0) is 56.1 Å². The molecule has 3 aliphatic rings. The maximum atomic E-state index is 14.6. The van der Waals surface area contributed by atoms with Crippen LogP contribution in [0.2, 0.25) is 0 Å². The summed E-state index contributed by atoms with van der Waals surface area (Å²) in [6.45, 7) is 1.95. The molecule has 3 aromatic heterocycles. The number of aryl methyl sites for hydroxylation is 1. The van der Waals surface area contributed by atoms with Crippen LogP contribution < -0.4 is 5.32 Å². The van der Waals surface area contributed by atoms with Crippen LogP contribution in [0.25, 0.3) is 22.4 Å². The summed E-state index contributed by atoms with van der Waals surface area (Å²) in [7, 11) is 0. The molecule has 0 radical (unpaired) electrons. The van der Waals surface area contributed by atoms with Crippen molar-refractivity contribution < 1.29 is 14.3 Å². The smallest absolute Gasteiger partial charge is 0.308 e. The van der Waals surface area contributed by atoms with E-state index in [9.17, 15) is 14.3 Å². The van der Waals surface area contributed by atoms with E-state index in [1.807, 2.05) is 13.0 Å². The highest BCUT2D eigenvalue weighted by Gasteiger charge is 2.47. The second-order valence-corrected chi connectivity index (χ2v) is 8.21. The molecular weight excluding hydrogens is 373 g/mol. The summed E-state index contributed by atoms with van der Waals surface area (Å²) in [6.07, 6.45) is 8.47. The molecule has 0 aromatic carbocycles. The van der Waals surface area contributed by atoms with Crippen LogP contribution in [-0.4, -0.2) is 37.1 Å². The first-order valence-electron chi connectivity index (χ1n) is 9.97. The van der Waals surface area contributed by atoms with Crippen molar-refractivity contribution in [2.75, 3.05) is 5.32 Å². The predicted molar refractivity (Wildman–Crippen MR) is 106 cm³/mol. The Labute approximate surface area is 166 Å². The third-order valence-corrected chi connectivity index (χ3v) is 6.46. The zero-order chi connectivity index (χ0) is 20.1. The average molecular weight is 395 g/mol. The summed E-state index contributed by atoms with van der Waals surface area (Å²) >= 11 is 0. The molecule has 0 unspecified atom stereocenters. The Morgan fingerprint density at radius 2 is 1.97 bits per heavy atom. The second-order valence-electron chi connectivity index (χ2n) is 8.21. The average Bonchev–Trinajstić information content (AvgIpc) is 3.13. The summed E-state index contributed by atoms with van der Waals surface area (Å²) in [5, 5.41) is 13.8. The van der Waals surface area contributed by atoms with Crippen molar-refractivity contribution in [3.05, 3.63) is 36.0 Å². The van der Waals surface area contributed by atoms with Crippen LogP contribution in [0.3, 0.4) is 0 Å². The summed E-state index contributed by atoms with van der Waals surface area (Å²) < 4.78 is 14.6. The van der Waals surface area contributed by atoms with E-state index >= 15 is 0 Å². The number of carbonyl (C=O) groups is 1. The van der Waals surface area contributed by atoms with Crippen LogP contribution in [0.15, 0.2) is 24.7 Å². The topological polar surface area (TPSA) is 104 Å². The summed E-state index contributed by atoms with van der Waals surface area (Å²) in [4.78, 5) is 27.9. The second kappa shape index (κ2) is 6.79. The molecule has 3 fully saturated rings. The van der Waals surface area contributed by atoms with Crippen LogP contribution in [0, 0.1) is 30.5 Å². The van der Waals surface area contributed by atoms with Gasteiger partial charge in [0.1, 0.15) is 5.65 Å². The number of H-pyrrole nitrogens is 1. The van der Waals surface area contributed by atoms with Crippen LogP contribution >= 0.6 is 0 Å². The van der Waals surface area contributed by atoms with E-state index in [1.54, 1.807) is 12.4 Å². The Bertz CT molecular complexity index is 1090. The Hall–Kier alpha value is -3.03. The standard InChI is InChI=1S/C21H22FN5O2/c1-10-6-13-14(8-24-18(13)23-7-10)19-25-9-15(22)20(27-19)26-17-12-4-2-11(3-5-12)16(17)21(28)29/h6-9,11-12,16-17H,2-5H2,1H3,(H,23,24)(H,28,29)(H,25,26,27)/t11-,12+,16-,17-/m0/s1. The lowest BCUT2D eigenvalue weighted by Gasteiger charge is -2.47. The maximum Gasteiger partial charge on any atom is 0.308 e. The number of carboxylic acid groups (broad SMARTS) is 1. The Kier molecular flexibility index (Phi) is 4.22. The molecule has 3 heterocycles. The highest BCUT2D eigenvalue weighted by molar-refractivity contribution is 5.92. The maximum absolute atomic E-state index is 14.6. The number of aliphatic carboxylic acids is 1. The summed E-state index contributed by atoms with van der Waals surface area (Å²) in [5.74, 6) is -1.10. The fourth-order valence-corrected chi connectivity index (χ4v) is 5.06. The molecule has 0 saturated heterocycles. The van der Waals surface area contributed by atoms with Crippen molar-refractivity contribution in [2.24, 2.45) is 17.8 Å². The number of nitrogens with one attached hydrogen (secondary N) is 2. The first-order chi connectivity index (χ1) is 14.0. The van der Waals surface area contributed by atoms with Gasteiger partial charge in [-0.25, -0.2) is 19.3 Å². The number of hydrogen-bond donors (Lipinski definition) is 3. The van der Waals surface area contributed by atoms with Gasteiger partial charge in [-0.3, -0.25) is 4.79 Å². The van der Waals surface area contributed by atoms with Crippen molar-refractivity contribution in [3.8, 4) is 11.4 Å².